The Labute approximate surface area is 88.7 Å². The maximum absolute atomic E-state index is 13.4. The molecule has 0 fully saturated rings. The third-order valence-electron chi connectivity index (χ3n) is 2.11. The van der Waals surface area contributed by atoms with Crippen LogP contribution in [0.15, 0.2) is 42.2 Å². The van der Waals surface area contributed by atoms with E-state index in [-0.39, 0.29) is 12.5 Å². The molecule has 0 heterocycles. The highest BCUT2D eigenvalue weighted by atomic mass is 19.1. The number of aliphatic hydroxyl groups excluding tert-OH is 2. The van der Waals surface area contributed by atoms with Crippen molar-refractivity contribution in [3.8, 4) is 0 Å². The van der Waals surface area contributed by atoms with Crippen molar-refractivity contribution >= 4 is 0 Å². The summed E-state index contributed by atoms with van der Waals surface area (Å²) >= 11 is 0. The lowest BCUT2D eigenvalue weighted by Crippen LogP contribution is -2.02. The second-order valence-corrected chi connectivity index (χ2v) is 3.52. The van der Waals surface area contributed by atoms with E-state index in [1.54, 1.807) is 37.3 Å². The van der Waals surface area contributed by atoms with Crippen molar-refractivity contribution < 1.29 is 14.6 Å². The zero-order valence-electron chi connectivity index (χ0n) is 8.60. The van der Waals surface area contributed by atoms with Gasteiger partial charge in [-0.05, 0) is 11.6 Å². The van der Waals surface area contributed by atoms with Gasteiger partial charge in [0, 0.05) is 12.5 Å². The van der Waals surface area contributed by atoms with E-state index >= 15 is 0 Å². The molecular weight excluding hydrogens is 195 g/mol. The van der Waals surface area contributed by atoms with Gasteiger partial charge in [-0.25, -0.2) is 4.39 Å². The van der Waals surface area contributed by atoms with Crippen LogP contribution in [0.3, 0.4) is 0 Å². The van der Waals surface area contributed by atoms with Gasteiger partial charge in [-0.1, -0.05) is 37.3 Å². The first-order valence-electron chi connectivity index (χ1n) is 4.86. The number of benzene rings is 1. The van der Waals surface area contributed by atoms with Gasteiger partial charge in [-0.3, -0.25) is 0 Å². The molecule has 2 N–H and O–H groups in total. The van der Waals surface area contributed by atoms with E-state index in [0.29, 0.717) is 5.56 Å². The molecule has 0 aromatic heterocycles. The summed E-state index contributed by atoms with van der Waals surface area (Å²) in [5.41, 5.74) is 0.511. The van der Waals surface area contributed by atoms with Gasteiger partial charge in [0.1, 0.15) is 11.9 Å². The van der Waals surface area contributed by atoms with Crippen LogP contribution in [-0.4, -0.2) is 16.8 Å². The smallest absolute Gasteiger partial charge is 0.130 e. The van der Waals surface area contributed by atoms with Gasteiger partial charge in [-0.15, -0.1) is 0 Å². The Morgan fingerprint density at radius 1 is 1.40 bits per heavy atom. The number of halogens is 1. The molecular formula is C12H15FO2. The van der Waals surface area contributed by atoms with E-state index < -0.39 is 11.9 Å². The second-order valence-electron chi connectivity index (χ2n) is 3.52. The highest BCUT2D eigenvalue weighted by Gasteiger charge is 2.13. The normalized spacial score (nSPS) is 16.1. The van der Waals surface area contributed by atoms with E-state index in [1.807, 2.05) is 0 Å². The van der Waals surface area contributed by atoms with Crippen LogP contribution in [0.2, 0.25) is 0 Å². The van der Waals surface area contributed by atoms with Crippen molar-refractivity contribution in [2.75, 3.05) is 6.61 Å². The molecule has 0 aliphatic carbocycles. The molecule has 0 saturated heterocycles. The largest absolute Gasteiger partial charge is 0.396 e. The average molecular weight is 210 g/mol. The average Bonchev–Trinajstić information content (AvgIpc) is 2.29. The molecule has 0 radical (unpaired) electrons. The van der Waals surface area contributed by atoms with Gasteiger partial charge in [-0.2, -0.15) is 0 Å². The second kappa shape index (κ2) is 5.63. The van der Waals surface area contributed by atoms with Gasteiger partial charge in [0.25, 0.3) is 0 Å². The van der Waals surface area contributed by atoms with Crippen molar-refractivity contribution in [1.82, 2.24) is 0 Å². The Bertz CT molecular complexity index is 322. The topological polar surface area (TPSA) is 40.5 Å². The Morgan fingerprint density at radius 2 is 2.00 bits per heavy atom. The Morgan fingerprint density at radius 3 is 2.53 bits per heavy atom. The summed E-state index contributed by atoms with van der Waals surface area (Å²) in [5, 5.41) is 18.4. The van der Waals surface area contributed by atoms with Crippen molar-refractivity contribution in [1.29, 1.82) is 0 Å². The van der Waals surface area contributed by atoms with Gasteiger partial charge in [0.15, 0.2) is 0 Å². The lowest BCUT2D eigenvalue weighted by molar-refractivity contribution is 0.182. The highest BCUT2D eigenvalue weighted by Crippen LogP contribution is 2.23. The Kier molecular flexibility index (Phi) is 4.46. The number of rotatable bonds is 4. The molecule has 0 amide bonds. The highest BCUT2D eigenvalue weighted by molar-refractivity contribution is 5.23. The number of hydrogen-bond donors (Lipinski definition) is 2. The maximum Gasteiger partial charge on any atom is 0.130 e. The van der Waals surface area contributed by atoms with Crippen LogP contribution in [-0.2, 0) is 0 Å². The summed E-state index contributed by atoms with van der Waals surface area (Å²) in [6.07, 6.45) is -0.00213. The minimum atomic E-state index is -1.24. The summed E-state index contributed by atoms with van der Waals surface area (Å²) in [5.74, 6) is -0.911. The summed E-state index contributed by atoms with van der Waals surface area (Å²) in [6, 6.07) is 8.58. The molecule has 1 rings (SSSR count). The third-order valence-corrected chi connectivity index (χ3v) is 2.11. The van der Waals surface area contributed by atoms with E-state index in [1.165, 1.54) is 6.08 Å². The SMILES string of the molecule is CC(/C=C(\F)C(O)c1ccccc1)CO. The van der Waals surface area contributed by atoms with E-state index in [2.05, 4.69) is 0 Å². The fourth-order valence-corrected chi connectivity index (χ4v) is 1.21. The minimum Gasteiger partial charge on any atom is -0.396 e. The molecule has 1 aromatic rings. The molecule has 0 aliphatic rings. The Balaban J connectivity index is 2.77. The first-order chi connectivity index (χ1) is 7.15. The minimum absolute atomic E-state index is 0.130. The molecule has 2 nitrogen and oxygen atoms in total. The summed E-state index contributed by atoms with van der Waals surface area (Å²) in [6.45, 7) is 1.55. The fraction of sp³-hybridized carbons (Fsp3) is 0.333. The van der Waals surface area contributed by atoms with Crippen LogP contribution in [0, 0.1) is 5.92 Å². The predicted molar refractivity (Wildman–Crippen MR) is 56.8 cm³/mol. The first kappa shape index (κ1) is 11.9. The number of aliphatic hydroxyl groups is 2. The van der Waals surface area contributed by atoms with E-state index in [0.717, 1.165) is 0 Å². The van der Waals surface area contributed by atoms with Crippen LogP contribution in [0.1, 0.15) is 18.6 Å². The molecule has 0 bridgehead atoms. The summed E-state index contributed by atoms with van der Waals surface area (Å²) in [7, 11) is 0. The predicted octanol–water partition coefficient (Wildman–Crippen LogP) is 2.20. The zero-order valence-corrected chi connectivity index (χ0v) is 8.60. The molecule has 0 saturated carbocycles. The molecule has 0 spiro atoms. The first-order valence-corrected chi connectivity index (χ1v) is 4.86. The molecule has 2 atom stereocenters. The molecule has 82 valence electrons. The Hall–Kier alpha value is -1.19. The lowest BCUT2D eigenvalue weighted by atomic mass is 10.1. The van der Waals surface area contributed by atoms with E-state index in [9.17, 15) is 9.50 Å². The van der Waals surface area contributed by atoms with Crippen molar-refractivity contribution in [2.24, 2.45) is 5.92 Å². The molecule has 1 aromatic carbocycles. The van der Waals surface area contributed by atoms with Crippen LogP contribution in [0.5, 0.6) is 0 Å². The van der Waals surface area contributed by atoms with Crippen molar-refractivity contribution in [2.45, 2.75) is 13.0 Å². The van der Waals surface area contributed by atoms with Crippen LogP contribution in [0.4, 0.5) is 4.39 Å². The molecule has 0 aliphatic heterocycles. The van der Waals surface area contributed by atoms with Gasteiger partial charge in [0.2, 0.25) is 0 Å². The lowest BCUT2D eigenvalue weighted by Gasteiger charge is -2.10. The van der Waals surface area contributed by atoms with Gasteiger partial charge < -0.3 is 10.2 Å². The van der Waals surface area contributed by atoms with Crippen LogP contribution < -0.4 is 0 Å². The quantitative estimate of drug-likeness (QED) is 0.799. The van der Waals surface area contributed by atoms with Gasteiger partial charge in [0.05, 0.1) is 0 Å². The van der Waals surface area contributed by atoms with Crippen molar-refractivity contribution in [3.63, 3.8) is 0 Å². The zero-order chi connectivity index (χ0) is 11.3. The van der Waals surface area contributed by atoms with Gasteiger partial charge >= 0.3 is 0 Å². The monoisotopic (exact) mass is 210 g/mol. The summed E-state index contributed by atoms with van der Waals surface area (Å²) < 4.78 is 13.4. The molecule has 3 heteroatoms. The standard InChI is InChI=1S/C12H15FO2/c1-9(8-14)7-11(13)12(15)10-5-3-2-4-6-10/h2-7,9,12,14-15H,8H2,1H3/b11-7-. The number of hydrogen-bond acceptors (Lipinski definition) is 2. The van der Waals surface area contributed by atoms with Crippen molar-refractivity contribution in [3.05, 3.63) is 47.8 Å². The summed E-state index contributed by atoms with van der Waals surface area (Å²) in [4.78, 5) is 0. The fourth-order valence-electron chi connectivity index (χ4n) is 1.21. The molecule has 15 heavy (non-hydrogen) atoms. The van der Waals surface area contributed by atoms with Crippen LogP contribution >= 0.6 is 0 Å². The van der Waals surface area contributed by atoms with Crippen LogP contribution in [0.25, 0.3) is 0 Å². The molecule has 2 unspecified atom stereocenters. The third kappa shape index (κ3) is 3.46. The maximum atomic E-state index is 13.4. The van der Waals surface area contributed by atoms with E-state index in [4.69, 9.17) is 5.11 Å².